The predicted molar refractivity (Wildman–Crippen MR) is 91.9 cm³/mol. The predicted octanol–water partition coefficient (Wildman–Crippen LogP) is 1.02. The van der Waals surface area contributed by atoms with Gasteiger partial charge < -0.3 is 14.4 Å². The highest BCUT2D eigenvalue weighted by Crippen LogP contribution is 2.14. The van der Waals surface area contributed by atoms with Crippen molar-refractivity contribution in [2.24, 2.45) is 0 Å². The average Bonchev–Trinajstić information content (AvgIpc) is 3.11. The minimum absolute atomic E-state index is 0.0968. The number of nitrogens with zero attached hydrogens (tertiary/aromatic N) is 7. The van der Waals surface area contributed by atoms with Gasteiger partial charge >= 0.3 is 0 Å². The van der Waals surface area contributed by atoms with Crippen molar-refractivity contribution in [2.75, 3.05) is 31.1 Å². The Balaban J connectivity index is 1.54. The summed E-state index contributed by atoms with van der Waals surface area (Å²) in [7, 11) is 0. The van der Waals surface area contributed by atoms with Crippen molar-refractivity contribution in [1.82, 2.24) is 24.6 Å². The van der Waals surface area contributed by atoms with Gasteiger partial charge in [-0.2, -0.15) is 5.26 Å². The summed E-state index contributed by atoms with van der Waals surface area (Å²) in [6.07, 6.45) is 4.04. The molecule has 1 saturated heterocycles. The van der Waals surface area contributed by atoms with E-state index in [-0.39, 0.29) is 5.91 Å². The summed E-state index contributed by atoms with van der Waals surface area (Å²) in [5.74, 6) is 0.835. The number of carbonyl (C=O) groups is 1. The molecule has 1 aliphatic heterocycles. The van der Waals surface area contributed by atoms with Crippen LogP contribution in [0.4, 0.5) is 5.82 Å². The Kier molecular flexibility index (Phi) is 4.93. The van der Waals surface area contributed by atoms with Gasteiger partial charge in [0.2, 0.25) is 5.91 Å². The Labute approximate surface area is 146 Å². The van der Waals surface area contributed by atoms with Crippen LogP contribution in [0.5, 0.6) is 0 Å². The highest BCUT2D eigenvalue weighted by molar-refractivity contribution is 5.78. The molecule has 8 heteroatoms. The maximum Gasteiger partial charge on any atom is 0.228 e. The van der Waals surface area contributed by atoms with Crippen LogP contribution in [0, 0.1) is 11.3 Å². The summed E-state index contributed by atoms with van der Waals surface area (Å²) < 4.78 is 2.00. The van der Waals surface area contributed by atoms with E-state index in [0.29, 0.717) is 44.3 Å². The van der Waals surface area contributed by atoms with Crippen molar-refractivity contribution in [1.29, 1.82) is 5.26 Å². The first-order valence-corrected chi connectivity index (χ1v) is 8.35. The van der Waals surface area contributed by atoms with Crippen LogP contribution < -0.4 is 4.90 Å². The van der Waals surface area contributed by atoms with Crippen molar-refractivity contribution in [3.8, 4) is 6.07 Å². The lowest BCUT2D eigenvalue weighted by Gasteiger charge is -2.35. The third-order valence-corrected chi connectivity index (χ3v) is 4.30. The van der Waals surface area contributed by atoms with Crippen LogP contribution in [0.1, 0.15) is 31.3 Å². The van der Waals surface area contributed by atoms with Crippen LogP contribution in [0.3, 0.4) is 0 Å². The molecular weight excluding hydrogens is 318 g/mol. The fourth-order valence-electron chi connectivity index (χ4n) is 2.76. The number of hydrogen-bond donors (Lipinski definition) is 0. The minimum Gasteiger partial charge on any atom is -0.352 e. The summed E-state index contributed by atoms with van der Waals surface area (Å²) in [6.45, 7) is 6.85. The van der Waals surface area contributed by atoms with E-state index in [1.165, 1.54) is 0 Å². The number of hydrogen-bond acceptors (Lipinski definition) is 6. The van der Waals surface area contributed by atoms with Crippen molar-refractivity contribution < 1.29 is 4.79 Å². The van der Waals surface area contributed by atoms with Crippen LogP contribution in [0.2, 0.25) is 0 Å². The molecule has 8 nitrogen and oxygen atoms in total. The van der Waals surface area contributed by atoms with Crippen LogP contribution in [0.15, 0.2) is 24.7 Å². The monoisotopic (exact) mass is 339 g/mol. The summed E-state index contributed by atoms with van der Waals surface area (Å²) in [6, 6.07) is 5.75. The standard InChI is InChI=1S/C17H21N7O/c1-13(2)24-11-15(19-12-24)9-17(25)23-7-5-22(6-8-23)16-4-3-14(10-18)20-21-16/h3-4,11-13H,5-9H2,1-2H3. The topological polar surface area (TPSA) is 90.9 Å². The first-order valence-electron chi connectivity index (χ1n) is 8.35. The number of rotatable bonds is 4. The van der Waals surface area contributed by atoms with Gasteiger partial charge in [0.15, 0.2) is 11.5 Å². The summed E-state index contributed by atoms with van der Waals surface area (Å²) in [4.78, 5) is 20.7. The van der Waals surface area contributed by atoms with Gasteiger partial charge in [-0.15, -0.1) is 10.2 Å². The third-order valence-electron chi connectivity index (χ3n) is 4.30. The van der Waals surface area contributed by atoms with Crippen molar-refractivity contribution in [2.45, 2.75) is 26.3 Å². The molecule has 0 N–H and O–H groups in total. The number of imidazole rings is 1. The molecule has 2 aromatic heterocycles. The second-order valence-corrected chi connectivity index (χ2v) is 6.34. The molecule has 130 valence electrons. The van der Waals surface area contributed by atoms with Gasteiger partial charge in [-0.3, -0.25) is 4.79 Å². The van der Waals surface area contributed by atoms with Crippen LogP contribution >= 0.6 is 0 Å². The van der Waals surface area contributed by atoms with E-state index in [0.717, 1.165) is 11.5 Å². The van der Waals surface area contributed by atoms with Crippen LogP contribution in [-0.2, 0) is 11.2 Å². The number of nitriles is 1. The van der Waals surface area contributed by atoms with E-state index in [9.17, 15) is 4.79 Å². The van der Waals surface area contributed by atoms with E-state index in [1.54, 1.807) is 18.5 Å². The third kappa shape index (κ3) is 3.94. The molecule has 2 aromatic rings. The Morgan fingerprint density at radius 1 is 1.24 bits per heavy atom. The molecule has 25 heavy (non-hydrogen) atoms. The van der Waals surface area contributed by atoms with Crippen molar-refractivity contribution in [3.63, 3.8) is 0 Å². The Bertz CT molecular complexity index is 767. The molecule has 0 bridgehead atoms. The summed E-state index contributed by atoms with van der Waals surface area (Å²) in [5, 5.41) is 16.7. The first-order chi connectivity index (χ1) is 12.1. The molecule has 3 heterocycles. The van der Waals surface area contributed by atoms with Gasteiger partial charge in [0, 0.05) is 38.4 Å². The zero-order valence-electron chi connectivity index (χ0n) is 14.5. The second-order valence-electron chi connectivity index (χ2n) is 6.34. The normalized spacial score (nSPS) is 14.6. The molecule has 0 spiro atoms. The molecule has 0 aliphatic carbocycles. The van der Waals surface area contributed by atoms with E-state index in [1.807, 2.05) is 21.7 Å². The van der Waals surface area contributed by atoms with Gasteiger partial charge in [0.05, 0.1) is 18.4 Å². The Morgan fingerprint density at radius 3 is 2.56 bits per heavy atom. The number of carbonyl (C=O) groups excluding carboxylic acids is 1. The van der Waals surface area contributed by atoms with Gasteiger partial charge in [-0.1, -0.05) is 0 Å². The van der Waals surface area contributed by atoms with E-state index in [2.05, 4.69) is 33.9 Å². The van der Waals surface area contributed by atoms with Crippen molar-refractivity contribution in [3.05, 3.63) is 36.0 Å². The van der Waals surface area contributed by atoms with Crippen LogP contribution in [-0.4, -0.2) is 56.7 Å². The van der Waals surface area contributed by atoms with E-state index < -0.39 is 0 Å². The molecule has 1 aliphatic rings. The molecule has 1 amide bonds. The Hall–Kier alpha value is -2.95. The zero-order chi connectivity index (χ0) is 17.8. The highest BCUT2D eigenvalue weighted by Gasteiger charge is 2.22. The molecule has 0 saturated carbocycles. The van der Waals surface area contributed by atoms with Crippen molar-refractivity contribution >= 4 is 11.7 Å². The fourth-order valence-corrected chi connectivity index (χ4v) is 2.76. The average molecular weight is 339 g/mol. The largest absolute Gasteiger partial charge is 0.352 e. The molecule has 0 atom stereocenters. The maximum atomic E-state index is 12.5. The smallest absolute Gasteiger partial charge is 0.228 e. The molecule has 3 rings (SSSR count). The maximum absolute atomic E-state index is 12.5. The molecular formula is C17H21N7O. The fraction of sp³-hybridized carbons (Fsp3) is 0.471. The first kappa shape index (κ1) is 16.9. The lowest BCUT2D eigenvalue weighted by molar-refractivity contribution is -0.130. The molecule has 0 unspecified atom stereocenters. The highest BCUT2D eigenvalue weighted by atomic mass is 16.2. The van der Waals surface area contributed by atoms with Gasteiger partial charge in [0.25, 0.3) is 0 Å². The molecule has 0 aromatic carbocycles. The number of piperazine rings is 1. The lowest BCUT2D eigenvalue weighted by Crippen LogP contribution is -2.49. The quantitative estimate of drug-likeness (QED) is 0.826. The SMILES string of the molecule is CC(C)n1cnc(CC(=O)N2CCN(c3ccc(C#N)nn3)CC2)c1. The number of amides is 1. The summed E-state index contributed by atoms with van der Waals surface area (Å²) in [5.41, 5.74) is 1.11. The van der Waals surface area contributed by atoms with Gasteiger partial charge in [0.1, 0.15) is 6.07 Å². The van der Waals surface area contributed by atoms with E-state index in [4.69, 9.17) is 5.26 Å². The molecule has 1 fully saturated rings. The Morgan fingerprint density at radius 2 is 2.00 bits per heavy atom. The minimum atomic E-state index is 0.0968. The number of anilines is 1. The lowest BCUT2D eigenvalue weighted by atomic mass is 10.2. The summed E-state index contributed by atoms with van der Waals surface area (Å²) >= 11 is 0. The zero-order valence-corrected chi connectivity index (χ0v) is 14.5. The number of aromatic nitrogens is 4. The molecule has 0 radical (unpaired) electrons. The van der Waals surface area contributed by atoms with Gasteiger partial charge in [-0.25, -0.2) is 4.98 Å². The van der Waals surface area contributed by atoms with E-state index >= 15 is 0 Å². The second kappa shape index (κ2) is 7.30. The van der Waals surface area contributed by atoms with Gasteiger partial charge in [-0.05, 0) is 26.0 Å². The van der Waals surface area contributed by atoms with Crippen LogP contribution in [0.25, 0.3) is 0 Å².